The van der Waals surface area contributed by atoms with Crippen LogP contribution in [0.15, 0.2) is 18.2 Å². The molecule has 0 aliphatic carbocycles. The van der Waals surface area contributed by atoms with E-state index in [-0.39, 0.29) is 24.6 Å². The fourth-order valence-electron chi connectivity index (χ4n) is 1.12. The summed E-state index contributed by atoms with van der Waals surface area (Å²) >= 11 is 5.70. The van der Waals surface area contributed by atoms with E-state index in [4.69, 9.17) is 23.1 Å². The zero-order valence-corrected chi connectivity index (χ0v) is 9.29. The van der Waals surface area contributed by atoms with Gasteiger partial charge in [0.25, 0.3) is 5.69 Å². The third-order valence-electron chi connectivity index (χ3n) is 1.84. The van der Waals surface area contributed by atoms with Gasteiger partial charge in [-0.3, -0.25) is 10.1 Å². The molecule has 1 aromatic rings. The molecule has 1 rings (SSSR count). The Morgan fingerprint density at radius 2 is 2.13 bits per heavy atom. The predicted octanol–water partition coefficient (Wildman–Crippen LogP) is 1.63. The number of nitrogens with two attached hydrogens (primary N) is 2. The van der Waals surface area contributed by atoms with E-state index >= 15 is 0 Å². The molecule has 0 saturated heterocycles. The van der Waals surface area contributed by atoms with E-state index in [1.807, 2.05) is 0 Å². The molecule has 1 atom stereocenters. The van der Waals surface area contributed by atoms with Gasteiger partial charge in [0.1, 0.15) is 0 Å². The fraction of sp³-hybridized carbons (Fsp3) is 0.250. The lowest BCUT2D eigenvalue weighted by Crippen LogP contribution is -2.21. The van der Waals surface area contributed by atoms with Gasteiger partial charge in [-0.1, -0.05) is 11.6 Å². The predicted molar refractivity (Wildman–Crippen MR) is 61.3 cm³/mol. The fourth-order valence-corrected chi connectivity index (χ4v) is 1.30. The van der Waals surface area contributed by atoms with Crippen LogP contribution in [0.4, 0.5) is 5.69 Å². The van der Waals surface area contributed by atoms with Crippen LogP contribution in [-0.4, -0.2) is 11.5 Å². The van der Waals surface area contributed by atoms with Crippen molar-refractivity contribution in [2.75, 3.05) is 6.54 Å². The van der Waals surface area contributed by atoms with Gasteiger partial charge in [-0.25, -0.2) is 0 Å². The van der Waals surface area contributed by atoms with Crippen molar-refractivity contribution < 1.29 is 4.92 Å². The first-order chi connectivity index (χ1) is 6.56. The molecule has 0 aromatic heterocycles. The van der Waals surface area contributed by atoms with Gasteiger partial charge < -0.3 is 11.5 Å². The van der Waals surface area contributed by atoms with Gasteiger partial charge in [0.2, 0.25) is 0 Å². The molecule has 4 N–H and O–H groups in total. The van der Waals surface area contributed by atoms with Crippen LogP contribution in [0.25, 0.3) is 0 Å². The Morgan fingerprint density at radius 3 is 2.60 bits per heavy atom. The maximum Gasteiger partial charge on any atom is 0.274 e. The molecule has 0 heterocycles. The van der Waals surface area contributed by atoms with Crippen LogP contribution >= 0.6 is 24.0 Å². The molecule has 0 spiro atoms. The van der Waals surface area contributed by atoms with Crippen molar-refractivity contribution >= 4 is 29.7 Å². The minimum Gasteiger partial charge on any atom is -0.329 e. The molecule has 0 amide bonds. The summed E-state index contributed by atoms with van der Waals surface area (Å²) in [6, 6.07) is 3.69. The van der Waals surface area contributed by atoms with Gasteiger partial charge in [0, 0.05) is 29.2 Å². The highest BCUT2D eigenvalue weighted by Crippen LogP contribution is 2.26. The molecule has 0 fully saturated rings. The Balaban J connectivity index is 0.00000196. The topological polar surface area (TPSA) is 95.2 Å². The van der Waals surface area contributed by atoms with Crippen molar-refractivity contribution in [2.45, 2.75) is 6.04 Å². The maximum atomic E-state index is 10.6. The number of hydrogen-bond acceptors (Lipinski definition) is 4. The molecule has 0 aliphatic heterocycles. The minimum absolute atomic E-state index is 0. The molecule has 15 heavy (non-hydrogen) atoms. The largest absolute Gasteiger partial charge is 0.329 e. The lowest BCUT2D eigenvalue weighted by molar-refractivity contribution is -0.385. The zero-order chi connectivity index (χ0) is 10.7. The van der Waals surface area contributed by atoms with Crippen LogP contribution in [0, 0.1) is 10.1 Å². The van der Waals surface area contributed by atoms with Crippen LogP contribution in [0.3, 0.4) is 0 Å². The van der Waals surface area contributed by atoms with E-state index in [9.17, 15) is 10.1 Å². The molecule has 5 nitrogen and oxygen atoms in total. The Kier molecular flexibility index (Phi) is 5.53. The Hall–Kier alpha value is -0.880. The minimum atomic E-state index is -0.561. The number of nitro benzene ring substituents is 1. The summed E-state index contributed by atoms with van der Waals surface area (Å²) in [5.74, 6) is 0. The lowest BCUT2D eigenvalue weighted by Gasteiger charge is -2.09. The first-order valence-electron chi connectivity index (χ1n) is 3.95. The molecule has 0 radical (unpaired) electrons. The standard InChI is InChI=1S/C8H10ClN3O2.ClH/c9-5-1-2-8(12(13)14)6(3-5)7(11)4-10;/h1-3,7H,4,10-11H2;1H/t7-;/m1./s1. The van der Waals surface area contributed by atoms with Gasteiger partial charge in [0.05, 0.1) is 4.92 Å². The summed E-state index contributed by atoms with van der Waals surface area (Å²) in [6.45, 7) is 0.140. The van der Waals surface area contributed by atoms with Crippen LogP contribution < -0.4 is 11.5 Å². The molecule has 0 aliphatic rings. The molecule has 1 aromatic carbocycles. The number of hydrogen-bond donors (Lipinski definition) is 2. The summed E-state index contributed by atoms with van der Waals surface area (Å²) in [5.41, 5.74) is 11.3. The van der Waals surface area contributed by atoms with E-state index in [2.05, 4.69) is 0 Å². The SMILES string of the molecule is Cl.NC[C@@H](N)c1cc(Cl)ccc1[N+](=O)[O-]. The number of halogens is 2. The number of nitro groups is 1. The van der Waals surface area contributed by atoms with Crippen molar-refractivity contribution in [1.82, 2.24) is 0 Å². The smallest absolute Gasteiger partial charge is 0.274 e. The van der Waals surface area contributed by atoms with Gasteiger partial charge >= 0.3 is 0 Å². The normalized spacial score (nSPS) is 11.7. The van der Waals surface area contributed by atoms with Crippen molar-refractivity contribution in [1.29, 1.82) is 0 Å². The summed E-state index contributed by atoms with van der Waals surface area (Å²) in [4.78, 5) is 10.1. The maximum absolute atomic E-state index is 10.6. The molecule has 0 unspecified atom stereocenters. The summed E-state index contributed by atoms with van der Waals surface area (Å²) < 4.78 is 0. The molecule has 0 bridgehead atoms. The van der Waals surface area contributed by atoms with Crippen molar-refractivity contribution in [3.8, 4) is 0 Å². The van der Waals surface area contributed by atoms with Crippen LogP contribution in [0.1, 0.15) is 11.6 Å². The van der Waals surface area contributed by atoms with Crippen LogP contribution in [-0.2, 0) is 0 Å². The summed E-state index contributed by atoms with van der Waals surface area (Å²) in [5, 5.41) is 11.0. The van der Waals surface area contributed by atoms with E-state index in [0.717, 1.165) is 0 Å². The van der Waals surface area contributed by atoms with Gasteiger partial charge in [-0.2, -0.15) is 0 Å². The van der Waals surface area contributed by atoms with Gasteiger partial charge in [-0.05, 0) is 12.1 Å². The Morgan fingerprint density at radius 1 is 1.53 bits per heavy atom. The molecule has 84 valence electrons. The highest BCUT2D eigenvalue weighted by atomic mass is 35.5. The van der Waals surface area contributed by atoms with Crippen LogP contribution in [0.5, 0.6) is 0 Å². The van der Waals surface area contributed by atoms with Crippen molar-refractivity contribution in [2.24, 2.45) is 11.5 Å². The second-order valence-electron chi connectivity index (χ2n) is 2.80. The highest BCUT2D eigenvalue weighted by Gasteiger charge is 2.18. The van der Waals surface area contributed by atoms with E-state index in [1.165, 1.54) is 18.2 Å². The Bertz CT molecular complexity index is 360. The first kappa shape index (κ1) is 14.1. The number of rotatable bonds is 3. The second kappa shape index (κ2) is 5.87. The van der Waals surface area contributed by atoms with Crippen molar-refractivity contribution in [3.63, 3.8) is 0 Å². The average Bonchev–Trinajstić information content (AvgIpc) is 2.16. The third-order valence-corrected chi connectivity index (χ3v) is 2.07. The highest BCUT2D eigenvalue weighted by molar-refractivity contribution is 6.30. The first-order valence-corrected chi connectivity index (χ1v) is 4.33. The molecule has 0 saturated carbocycles. The quantitative estimate of drug-likeness (QED) is 0.631. The van der Waals surface area contributed by atoms with Crippen molar-refractivity contribution in [3.05, 3.63) is 38.9 Å². The van der Waals surface area contributed by atoms with E-state index in [0.29, 0.717) is 10.6 Å². The summed E-state index contributed by atoms with van der Waals surface area (Å²) in [6.07, 6.45) is 0. The summed E-state index contributed by atoms with van der Waals surface area (Å²) in [7, 11) is 0. The number of nitrogens with zero attached hydrogens (tertiary/aromatic N) is 1. The van der Waals surface area contributed by atoms with Crippen LogP contribution in [0.2, 0.25) is 5.02 Å². The second-order valence-corrected chi connectivity index (χ2v) is 3.24. The zero-order valence-electron chi connectivity index (χ0n) is 7.72. The third kappa shape index (κ3) is 3.32. The molecular weight excluding hydrogens is 241 g/mol. The number of benzene rings is 1. The monoisotopic (exact) mass is 251 g/mol. The van der Waals surface area contributed by atoms with E-state index in [1.54, 1.807) is 0 Å². The van der Waals surface area contributed by atoms with E-state index < -0.39 is 11.0 Å². The average molecular weight is 252 g/mol. The molecule has 7 heteroatoms. The van der Waals surface area contributed by atoms with Gasteiger partial charge in [0.15, 0.2) is 0 Å². The lowest BCUT2D eigenvalue weighted by atomic mass is 10.1. The van der Waals surface area contributed by atoms with Gasteiger partial charge in [-0.15, -0.1) is 12.4 Å². The molecular formula is C8H11Cl2N3O2. The Labute approximate surface area is 98.0 Å².